The van der Waals surface area contributed by atoms with E-state index in [1.54, 1.807) is 31.4 Å². The van der Waals surface area contributed by atoms with Crippen LogP contribution in [0.2, 0.25) is 0 Å². The highest BCUT2D eigenvalue weighted by Crippen LogP contribution is 2.52. The van der Waals surface area contributed by atoms with Crippen LogP contribution in [-0.2, 0) is 14.3 Å². The van der Waals surface area contributed by atoms with Gasteiger partial charge in [-0.25, -0.2) is 4.90 Å². The average molecular weight is 285 g/mol. The van der Waals surface area contributed by atoms with Crippen LogP contribution in [0.1, 0.15) is 6.92 Å². The molecule has 2 fully saturated rings. The fourth-order valence-electron chi connectivity index (χ4n) is 3.66. The van der Waals surface area contributed by atoms with E-state index < -0.39 is 17.4 Å². The molecule has 2 amide bonds. The Kier molecular flexibility index (Phi) is 2.37. The molecule has 2 bridgehead atoms. The summed E-state index contributed by atoms with van der Waals surface area (Å²) in [6.45, 7) is 1.87. The van der Waals surface area contributed by atoms with Crippen molar-refractivity contribution in [2.24, 2.45) is 11.8 Å². The molecule has 3 aliphatic rings. The zero-order valence-electron chi connectivity index (χ0n) is 11.8. The van der Waals surface area contributed by atoms with Crippen LogP contribution in [0.15, 0.2) is 36.4 Å². The molecule has 3 heterocycles. The Hall–Kier alpha value is -2.14. The third-order valence-electron chi connectivity index (χ3n) is 4.64. The molecule has 5 heteroatoms. The largest absolute Gasteiger partial charge is 0.497 e. The smallest absolute Gasteiger partial charge is 0.241 e. The molecule has 3 aliphatic heterocycles. The van der Waals surface area contributed by atoms with Gasteiger partial charge in [0.05, 0.1) is 36.3 Å². The molecule has 4 atom stereocenters. The van der Waals surface area contributed by atoms with Gasteiger partial charge in [0, 0.05) is 6.07 Å². The number of benzene rings is 1. The second-order valence-electron chi connectivity index (χ2n) is 5.84. The van der Waals surface area contributed by atoms with Crippen molar-refractivity contribution in [2.45, 2.75) is 18.6 Å². The minimum absolute atomic E-state index is 0.184. The Morgan fingerprint density at radius 1 is 1.29 bits per heavy atom. The van der Waals surface area contributed by atoms with Gasteiger partial charge in [-0.05, 0) is 19.1 Å². The van der Waals surface area contributed by atoms with Crippen LogP contribution in [0.25, 0.3) is 0 Å². The maximum atomic E-state index is 12.7. The Balaban J connectivity index is 1.76. The molecule has 0 aromatic heterocycles. The van der Waals surface area contributed by atoms with E-state index in [2.05, 4.69) is 0 Å². The van der Waals surface area contributed by atoms with Crippen molar-refractivity contribution >= 4 is 17.5 Å². The summed E-state index contributed by atoms with van der Waals surface area (Å²) in [5.41, 5.74) is -0.0999. The van der Waals surface area contributed by atoms with Crippen molar-refractivity contribution in [2.75, 3.05) is 12.0 Å². The van der Waals surface area contributed by atoms with Crippen LogP contribution in [0, 0.1) is 11.8 Å². The van der Waals surface area contributed by atoms with Crippen molar-refractivity contribution in [3.63, 3.8) is 0 Å². The molecule has 5 nitrogen and oxygen atoms in total. The van der Waals surface area contributed by atoms with Crippen LogP contribution in [0.4, 0.5) is 5.69 Å². The highest BCUT2D eigenvalue weighted by molar-refractivity contribution is 6.23. The molecule has 0 spiro atoms. The van der Waals surface area contributed by atoms with Crippen molar-refractivity contribution < 1.29 is 19.1 Å². The number of carbonyl (C=O) groups excluding carboxylic acids is 2. The van der Waals surface area contributed by atoms with Crippen molar-refractivity contribution in [1.82, 2.24) is 0 Å². The summed E-state index contributed by atoms with van der Waals surface area (Å²) in [5.74, 6) is -0.581. The van der Waals surface area contributed by atoms with E-state index in [0.717, 1.165) is 0 Å². The molecule has 1 aromatic carbocycles. The number of hydrogen-bond donors (Lipinski definition) is 0. The van der Waals surface area contributed by atoms with Crippen LogP contribution >= 0.6 is 0 Å². The molecule has 21 heavy (non-hydrogen) atoms. The molecular weight excluding hydrogens is 270 g/mol. The lowest BCUT2D eigenvalue weighted by atomic mass is 9.78. The Bertz CT molecular complexity index is 683. The van der Waals surface area contributed by atoms with E-state index >= 15 is 0 Å². The number of methoxy groups -OCH3 is 1. The number of nitrogens with zero attached hydrogens (tertiary/aromatic N) is 1. The highest BCUT2D eigenvalue weighted by Gasteiger charge is 2.66. The first kappa shape index (κ1) is 12.6. The lowest BCUT2D eigenvalue weighted by Crippen LogP contribution is -2.38. The van der Waals surface area contributed by atoms with E-state index in [0.29, 0.717) is 11.4 Å². The summed E-state index contributed by atoms with van der Waals surface area (Å²) in [4.78, 5) is 26.7. The molecule has 108 valence electrons. The summed E-state index contributed by atoms with van der Waals surface area (Å²) in [5, 5.41) is 0. The third kappa shape index (κ3) is 1.49. The molecule has 0 unspecified atom stereocenters. The zero-order valence-corrected chi connectivity index (χ0v) is 11.8. The minimum atomic E-state index is -0.657. The number of ether oxygens (including phenoxy) is 2. The van der Waals surface area contributed by atoms with E-state index in [1.807, 2.05) is 19.1 Å². The summed E-state index contributed by atoms with van der Waals surface area (Å²) in [6.07, 6.45) is 3.51. The monoisotopic (exact) mass is 285 g/mol. The summed E-state index contributed by atoms with van der Waals surface area (Å²) in [6, 6.07) is 7.01. The van der Waals surface area contributed by atoms with Crippen molar-refractivity contribution in [3.8, 4) is 5.75 Å². The molecule has 1 aromatic rings. The normalized spacial score (nSPS) is 36.5. The maximum absolute atomic E-state index is 12.7. The summed E-state index contributed by atoms with van der Waals surface area (Å²) in [7, 11) is 1.56. The topological polar surface area (TPSA) is 55.8 Å². The fraction of sp³-hybridized carbons (Fsp3) is 0.375. The van der Waals surface area contributed by atoms with Gasteiger partial charge < -0.3 is 9.47 Å². The Morgan fingerprint density at radius 3 is 2.81 bits per heavy atom. The number of hydrogen-bond acceptors (Lipinski definition) is 4. The van der Waals surface area contributed by atoms with Crippen molar-refractivity contribution in [1.29, 1.82) is 0 Å². The first-order valence-electron chi connectivity index (χ1n) is 6.94. The first-order chi connectivity index (χ1) is 10.0. The fourth-order valence-corrected chi connectivity index (χ4v) is 3.66. The third-order valence-corrected chi connectivity index (χ3v) is 4.64. The zero-order chi connectivity index (χ0) is 14.8. The van der Waals surface area contributed by atoms with Gasteiger partial charge in [-0.1, -0.05) is 18.2 Å². The van der Waals surface area contributed by atoms with Gasteiger partial charge in [0.2, 0.25) is 11.8 Å². The molecule has 0 N–H and O–H groups in total. The summed E-state index contributed by atoms with van der Waals surface area (Å²) < 4.78 is 11.0. The van der Waals surface area contributed by atoms with E-state index in [1.165, 1.54) is 4.90 Å². The van der Waals surface area contributed by atoms with Gasteiger partial charge in [-0.2, -0.15) is 0 Å². The second-order valence-corrected chi connectivity index (χ2v) is 5.84. The van der Waals surface area contributed by atoms with E-state index in [-0.39, 0.29) is 17.9 Å². The van der Waals surface area contributed by atoms with Crippen LogP contribution in [0.3, 0.4) is 0 Å². The molecule has 2 saturated heterocycles. The SMILES string of the molecule is COc1cccc(N2C(=O)[C@H]3[C@@H](C2=O)[C@@]2(C)C=C[C@H]3O2)c1. The average Bonchev–Trinajstić information content (AvgIpc) is 3.08. The standard InChI is InChI=1S/C16H15NO4/c1-16-7-6-11(21-16)12-13(16)15(19)17(14(12)18)9-4-3-5-10(8-9)20-2/h3-8,11-13H,1-2H3/t11-,12-,13+,16-/m1/s1. The highest BCUT2D eigenvalue weighted by atomic mass is 16.5. The van der Waals surface area contributed by atoms with Gasteiger partial charge >= 0.3 is 0 Å². The maximum Gasteiger partial charge on any atom is 0.241 e. The Labute approximate surface area is 122 Å². The van der Waals surface area contributed by atoms with Gasteiger partial charge in [0.1, 0.15) is 5.75 Å². The number of carbonyl (C=O) groups is 2. The second kappa shape index (κ2) is 3.95. The van der Waals surface area contributed by atoms with Crippen LogP contribution < -0.4 is 9.64 Å². The lowest BCUT2D eigenvalue weighted by Gasteiger charge is -2.24. The molecule has 4 rings (SSSR count). The van der Waals surface area contributed by atoms with Crippen molar-refractivity contribution in [3.05, 3.63) is 36.4 Å². The molecule has 0 saturated carbocycles. The summed E-state index contributed by atoms with van der Waals surface area (Å²) >= 11 is 0. The van der Waals surface area contributed by atoms with E-state index in [9.17, 15) is 9.59 Å². The Morgan fingerprint density at radius 2 is 2.10 bits per heavy atom. The number of anilines is 1. The van der Waals surface area contributed by atoms with E-state index in [4.69, 9.17) is 9.47 Å². The molecule has 0 radical (unpaired) electrons. The van der Waals surface area contributed by atoms with Crippen LogP contribution in [0.5, 0.6) is 5.75 Å². The first-order valence-corrected chi connectivity index (χ1v) is 6.94. The quantitative estimate of drug-likeness (QED) is 0.611. The lowest BCUT2D eigenvalue weighted by molar-refractivity contribution is -0.126. The number of rotatable bonds is 2. The van der Waals surface area contributed by atoms with Crippen LogP contribution in [-0.4, -0.2) is 30.6 Å². The van der Waals surface area contributed by atoms with Gasteiger partial charge in [-0.3, -0.25) is 9.59 Å². The minimum Gasteiger partial charge on any atom is -0.497 e. The number of amides is 2. The molecule has 0 aliphatic carbocycles. The number of imide groups is 1. The van der Waals surface area contributed by atoms with Gasteiger partial charge in [0.15, 0.2) is 0 Å². The predicted octanol–water partition coefficient (Wildman–Crippen LogP) is 1.53. The van der Waals surface area contributed by atoms with Gasteiger partial charge in [0.25, 0.3) is 0 Å². The predicted molar refractivity (Wildman–Crippen MR) is 74.9 cm³/mol. The van der Waals surface area contributed by atoms with Gasteiger partial charge in [-0.15, -0.1) is 0 Å². The molecular formula is C16H15NO4. The number of fused-ring (bicyclic) bond motifs is 5.